The van der Waals surface area contributed by atoms with E-state index >= 15 is 0 Å². The second-order valence-corrected chi connectivity index (χ2v) is 3.18. The van der Waals surface area contributed by atoms with E-state index in [9.17, 15) is 0 Å². The van der Waals surface area contributed by atoms with Crippen LogP contribution in [0.1, 0.15) is 12.7 Å². The zero-order valence-electron chi connectivity index (χ0n) is 8.73. The molecule has 0 atom stereocenters. The summed E-state index contributed by atoms with van der Waals surface area (Å²) in [5.74, 6) is 1.13. The van der Waals surface area contributed by atoms with Gasteiger partial charge in [-0.15, -0.1) is 0 Å². The van der Waals surface area contributed by atoms with E-state index in [2.05, 4.69) is 20.4 Å². The molecule has 0 bridgehead atoms. The normalized spacial score (nSPS) is 10.9. The number of fused-ring (bicyclic) bond motifs is 1. The van der Waals surface area contributed by atoms with Gasteiger partial charge >= 0.3 is 0 Å². The molecule has 2 N–H and O–H groups in total. The summed E-state index contributed by atoms with van der Waals surface area (Å²) in [5, 5.41) is 17.1. The highest BCUT2D eigenvalue weighted by Crippen LogP contribution is 2.19. The summed E-state index contributed by atoms with van der Waals surface area (Å²) in [4.78, 5) is 8.39. The zero-order valence-corrected chi connectivity index (χ0v) is 8.73. The zero-order chi connectivity index (χ0) is 10.8. The molecule has 0 saturated heterocycles. The number of aryl methyl sites for hydroxylation is 1. The molecular formula is C9H13N5O. The van der Waals surface area contributed by atoms with Crippen LogP contribution in [-0.4, -0.2) is 31.4 Å². The van der Waals surface area contributed by atoms with Crippen LogP contribution in [0, 0.1) is 0 Å². The lowest BCUT2D eigenvalue weighted by Crippen LogP contribution is -2.05. The van der Waals surface area contributed by atoms with Gasteiger partial charge in [-0.25, -0.2) is 9.97 Å². The maximum Gasteiger partial charge on any atom is 0.163 e. The SMILES string of the molecule is CCNc1nc(CO)nc2c1cnn2C. The minimum Gasteiger partial charge on any atom is -0.388 e. The Morgan fingerprint density at radius 1 is 1.47 bits per heavy atom. The van der Waals surface area contributed by atoms with Crippen LogP contribution in [0.5, 0.6) is 0 Å². The molecule has 0 saturated carbocycles. The van der Waals surface area contributed by atoms with Gasteiger partial charge < -0.3 is 10.4 Å². The number of rotatable bonds is 3. The highest BCUT2D eigenvalue weighted by Gasteiger charge is 2.09. The smallest absolute Gasteiger partial charge is 0.163 e. The highest BCUT2D eigenvalue weighted by molar-refractivity contribution is 5.86. The summed E-state index contributed by atoms with van der Waals surface area (Å²) >= 11 is 0. The van der Waals surface area contributed by atoms with E-state index in [1.54, 1.807) is 10.9 Å². The van der Waals surface area contributed by atoms with E-state index < -0.39 is 0 Å². The molecule has 0 unspecified atom stereocenters. The van der Waals surface area contributed by atoms with Crippen LogP contribution in [0.25, 0.3) is 11.0 Å². The monoisotopic (exact) mass is 207 g/mol. The molecule has 0 amide bonds. The molecule has 2 heterocycles. The molecule has 6 heteroatoms. The Labute approximate surface area is 87.0 Å². The van der Waals surface area contributed by atoms with E-state index in [0.717, 1.165) is 23.4 Å². The van der Waals surface area contributed by atoms with Crippen LogP contribution in [0.2, 0.25) is 0 Å². The van der Waals surface area contributed by atoms with E-state index in [-0.39, 0.29) is 6.61 Å². The summed E-state index contributed by atoms with van der Waals surface area (Å²) < 4.78 is 1.66. The Morgan fingerprint density at radius 2 is 2.27 bits per heavy atom. The molecule has 0 aliphatic rings. The van der Waals surface area contributed by atoms with Crippen molar-refractivity contribution in [1.82, 2.24) is 19.7 Å². The summed E-state index contributed by atoms with van der Waals surface area (Å²) in [6.45, 7) is 2.59. The van der Waals surface area contributed by atoms with Gasteiger partial charge in [-0.05, 0) is 6.92 Å². The average Bonchev–Trinajstić information content (AvgIpc) is 2.61. The Bertz CT molecular complexity index is 479. The standard InChI is InChI=1S/C9H13N5O/c1-3-10-8-6-4-11-14(2)9(6)13-7(5-15)12-8/h4,15H,3,5H2,1-2H3,(H,10,12,13). The number of anilines is 1. The number of hydrogen-bond acceptors (Lipinski definition) is 5. The van der Waals surface area contributed by atoms with E-state index in [1.807, 2.05) is 14.0 Å². The fraction of sp³-hybridized carbons (Fsp3) is 0.444. The molecule has 0 fully saturated rings. The van der Waals surface area contributed by atoms with Gasteiger partial charge in [0.05, 0.1) is 11.6 Å². The second kappa shape index (κ2) is 3.82. The Balaban J connectivity index is 2.65. The van der Waals surface area contributed by atoms with E-state index in [1.165, 1.54) is 0 Å². The third-order valence-electron chi connectivity index (χ3n) is 2.12. The summed E-state index contributed by atoms with van der Waals surface area (Å²) in [6.07, 6.45) is 1.72. The largest absolute Gasteiger partial charge is 0.388 e. The number of aliphatic hydroxyl groups excluding tert-OH is 1. The van der Waals surface area contributed by atoms with Crippen molar-refractivity contribution in [1.29, 1.82) is 0 Å². The topological polar surface area (TPSA) is 75.9 Å². The van der Waals surface area contributed by atoms with Crippen LogP contribution in [0.4, 0.5) is 5.82 Å². The predicted molar refractivity (Wildman–Crippen MR) is 56.4 cm³/mol. The first-order chi connectivity index (χ1) is 7.26. The van der Waals surface area contributed by atoms with Crippen molar-refractivity contribution in [2.45, 2.75) is 13.5 Å². The van der Waals surface area contributed by atoms with Crippen LogP contribution in [-0.2, 0) is 13.7 Å². The van der Waals surface area contributed by atoms with Crippen LogP contribution in [0.15, 0.2) is 6.20 Å². The quantitative estimate of drug-likeness (QED) is 0.756. The van der Waals surface area contributed by atoms with Gasteiger partial charge in [0, 0.05) is 13.6 Å². The predicted octanol–water partition coefficient (Wildman–Crippen LogP) is 0.287. The number of nitrogens with zero attached hydrogens (tertiary/aromatic N) is 4. The van der Waals surface area contributed by atoms with E-state index in [0.29, 0.717) is 5.82 Å². The lowest BCUT2D eigenvalue weighted by Gasteiger charge is -2.05. The lowest BCUT2D eigenvalue weighted by molar-refractivity contribution is 0.272. The van der Waals surface area contributed by atoms with Crippen molar-refractivity contribution in [3.8, 4) is 0 Å². The van der Waals surface area contributed by atoms with Crippen molar-refractivity contribution in [3.05, 3.63) is 12.0 Å². The van der Waals surface area contributed by atoms with Gasteiger partial charge in [-0.3, -0.25) is 4.68 Å². The van der Waals surface area contributed by atoms with Gasteiger partial charge in [0.15, 0.2) is 11.5 Å². The van der Waals surface area contributed by atoms with Crippen molar-refractivity contribution in [2.75, 3.05) is 11.9 Å². The molecule has 2 rings (SSSR count). The molecule has 0 aliphatic carbocycles. The molecule has 6 nitrogen and oxygen atoms in total. The first-order valence-electron chi connectivity index (χ1n) is 4.79. The maximum atomic E-state index is 9.04. The molecule has 0 aromatic carbocycles. The molecule has 2 aromatic heterocycles. The minimum absolute atomic E-state index is 0.167. The fourth-order valence-corrected chi connectivity index (χ4v) is 1.44. The van der Waals surface area contributed by atoms with Crippen molar-refractivity contribution in [3.63, 3.8) is 0 Å². The lowest BCUT2D eigenvalue weighted by atomic mass is 10.4. The van der Waals surface area contributed by atoms with Crippen LogP contribution in [0.3, 0.4) is 0 Å². The molecule has 0 aliphatic heterocycles. The molecular weight excluding hydrogens is 194 g/mol. The van der Waals surface area contributed by atoms with Gasteiger partial charge in [0.2, 0.25) is 0 Å². The van der Waals surface area contributed by atoms with Crippen molar-refractivity contribution >= 4 is 16.9 Å². The van der Waals surface area contributed by atoms with Gasteiger partial charge in [-0.2, -0.15) is 5.10 Å². The molecule has 2 aromatic rings. The fourth-order valence-electron chi connectivity index (χ4n) is 1.44. The van der Waals surface area contributed by atoms with Crippen molar-refractivity contribution in [2.24, 2.45) is 7.05 Å². The highest BCUT2D eigenvalue weighted by atomic mass is 16.3. The van der Waals surface area contributed by atoms with Gasteiger partial charge in [-0.1, -0.05) is 0 Å². The molecule has 15 heavy (non-hydrogen) atoms. The third-order valence-corrected chi connectivity index (χ3v) is 2.12. The molecule has 0 radical (unpaired) electrons. The third kappa shape index (κ3) is 1.63. The summed E-state index contributed by atoms with van der Waals surface area (Å²) in [6, 6.07) is 0. The van der Waals surface area contributed by atoms with Crippen LogP contribution < -0.4 is 5.32 Å². The summed E-state index contributed by atoms with van der Waals surface area (Å²) in [5.41, 5.74) is 0.727. The van der Waals surface area contributed by atoms with Gasteiger partial charge in [0.25, 0.3) is 0 Å². The first kappa shape index (κ1) is 9.85. The first-order valence-corrected chi connectivity index (χ1v) is 4.79. The second-order valence-electron chi connectivity index (χ2n) is 3.18. The molecule has 0 spiro atoms. The minimum atomic E-state index is -0.167. The number of aliphatic hydroxyl groups is 1. The summed E-state index contributed by atoms with van der Waals surface area (Å²) in [7, 11) is 1.81. The Hall–Kier alpha value is -1.69. The number of hydrogen-bond donors (Lipinski definition) is 2. The van der Waals surface area contributed by atoms with Gasteiger partial charge in [0.1, 0.15) is 12.4 Å². The molecule has 80 valence electrons. The average molecular weight is 207 g/mol. The van der Waals surface area contributed by atoms with Crippen molar-refractivity contribution < 1.29 is 5.11 Å². The van der Waals surface area contributed by atoms with Crippen LogP contribution >= 0.6 is 0 Å². The maximum absolute atomic E-state index is 9.04. The Kier molecular flexibility index (Phi) is 2.51. The number of aromatic nitrogens is 4. The Morgan fingerprint density at radius 3 is 2.93 bits per heavy atom. The number of nitrogens with one attached hydrogen (secondary N) is 1. The van der Waals surface area contributed by atoms with E-state index in [4.69, 9.17) is 5.11 Å².